The number of nitrogens with zero attached hydrogens (tertiary/aromatic N) is 2. The SMILES string of the molecule is COc1cc(NC(=O)c2cn(-c3ccc(Cl)cc3)nc2CCl)ccc1OCC(C)(C)C. The third-order valence-corrected chi connectivity index (χ3v) is 4.84. The second-order valence-corrected chi connectivity index (χ2v) is 8.92. The average molecular weight is 462 g/mol. The highest BCUT2D eigenvalue weighted by Crippen LogP contribution is 2.32. The predicted octanol–water partition coefficient (Wildman–Crippen LogP) is 5.95. The molecule has 0 bridgehead atoms. The van der Waals surface area contributed by atoms with Gasteiger partial charge in [-0.3, -0.25) is 4.79 Å². The average Bonchev–Trinajstić information content (AvgIpc) is 3.17. The van der Waals surface area contributed by atoms with Gasteiger partial charge in [0.2, 0.25) is 0 Å². The number of carbonyl (C=O) groups is 1. The van der Waals surface area contributed by atoms with Gasteiger partial charge in [-0.05, 0) is 41.8 Å². The molecule has 0 radical (unpaired) electrons. The molecule has 1 aromatic heterocycles. The molecule has 0 aliphatic rings. The Morgan fingerprint density at radius 1 is 1.13 bits per heavy atom. The second-order valence-electron chi connectivity index (χ2n) is 8.21. The minimum Gasteiger partial charge on any atom is -0.493 e. The summed E-state index contributed by atoms with van der Waals surface area (Å²) in [5.74, 6) is 0.942. The monoisotopic (exact) mass is 461 g/mol. The Bertz CT molecular complexity index is 1060. The van der Waals surface area contributed by atoms with Crippen molar-refractivity contribution >= 4 is 34.8 Å². The van der Waals surface area contributed by atoms with Crippen LogP contribution in [0.4, 0.5) is 5.69 Å². The first-order valence-electron chi connectivity index (χ1n) is 9.73. The smallest absolute Gasteiger partial charge is 0.259 e. The standard InChI is InChI=1S/C23H25Cl2N3O3/c1-23(2,3)14-31-20-10-7-16(11-21(20)30-4)26-22(29)18-13-28(27-19(18)12-24)17-8-5-15(25)6-9-17/h5-11,13H,12,14H2,1-4H3,(H,26,29). The quantitative estimate of drug-likeness (QED) is 0.441. The van der Waals surface area contributed by atoms with E-state index in [0.717, 1.165) is 5.69 Å². The number of methoxy groups -OCH3 is 1. The summed E-state index contributed by atoms with van der Waals surface area (Å²) in [4.78, 5) is 12.9. The van der Waals surface area contributed by atoms with E-state index in [1.165, 1.54) is 0 Å². The molecule has 3 aromatic rings. The van der Waals surface area contributed by atoms with E-state index in [1.54, 1.807) is 48.3 Å². The Labute approximate surface area is 192 Å². The molecule has 1 N–H and O–H groups in total. The zero-order valence-corrected chi connectivity index (χ0v) is 19.4. The van der Waals surface area contributed by atoms with E-state index in [9.17, 15) is 4.79 Å². The van der Waals surface area contributed by atoms with E-state index >= 15 is 0 Å². The predicted molar refractivity (Wildman–Crippen MR) is 124 cm³/mol. The summed E-state index contributed by atoms with van der Waals surface area (Å²) in [6.07, 6.45) is 1.65. The highest BCUT2D eigenvalue weighted by molar-refractivity contribution is 6.30. The van der Waals surface area contributed by atoms with Crippen molar-refractivity contribution in [2.75, 3.05) is 19.0 Å². The number of nitrogens with one attached hydrogen (secondary N) is 1. The number of aromatic nitrogens is 2. The summed E-state index contributed by atoms with van der Waals surface area (Å²) < 4.78 is 12.9. The van der Waals surface area contributed by atoms with Gasteiger partial charge in [0.05, 0.1) is 36.5 Å². The molecule has 6 nitrogen and oxygen atoms in total. The number of ether oxygens (including phenoxy) is 2. The van der Waals surface area contributed by atoms with Crippen molar-refractivity contribution in [3.8, 4) is 17.2 Å². The van der Waals surface area contributed by atoms with Crippen molar-refractivity contribution in [2.45, 2.75) is 26.7 Å². The van der Waals surface area contributed by atoms with Crippen LogP contribution >= 0.6 is 23.2 Å². The van der Waals surface area contributed by atoms with Gasteiger partial charge in [0, 0.05) is 23.0 Å². The van der Waals surface area contributed by atoms with Gasteiger partial charge in [0.15, 0.2) is 11.5 Å². The third-order valence-electron chi connectivity index (χ3n) is 4.34. The Hall–Kier alpha value is -2.70. The van der Waals surface area contributed by atoms with Crippen molar-refractivity contribution < 1.29 is 14.3 Å². The Morgan fingerprint density at radius 2 is 1.84 bits per heavy atom. The van der Waals surface area contributed by atoms with Crippen molar-refractivity contribution in [2.24, 2.45) is 5.41 Å². The van der Waals surface area contributed by atoms with Crippen LogP contribution in [0, 0.1) is 5.41 Å². The van der Waals surface area contributed by atoms with Crippen molar-refractivity contribution in [3.05, 3.63) is 64.9 Å². The van der Waals surface area contributed by atoms with Crippen molar-refractivity contribution in [1.82, 2.24) is 9.78 Å². The van der Waals surface area contributed by atoms with Crippen LogP contribution in [-0.2, 0) is 5.88 Å². The van der Waals surface area contributed by atoms with Crippen LogP contribution in [0.15, 0.2) is 48.7 Å². The number of carbonyl (C=O) groups excluding carboxylic acids is 1. The van der Waals surface area contributed by atoms with Gasteiger partial charge in [0.1, 0.15) is 0 Å². The van der Waals surface area contributed by atoms with Gasteiger partial charge in [-0.25, -0.2) is 4.68 Å². The summed E-state index contributed by atoms with van der Waals surface area (Å²) in [5.41, 5.74) is 2.23. The lowest BCUT2D eigenvalue weighted by Crippen LogP contribution is -2.17. The lowest BCUT2D eigenvalue weighted by Gasteiger charge is -2.20. The molecule has 0 aliphatic heterocycles. The molecule has 0 saturated heterocycles. The van der Waals surface area contributed by atoms with Crippen LogP contribution in [0.1, 0.15) is 36.8 Å². The molecular formula is C23H25Cl2N3O3. The van der Waals surface area contributed by atoms with Gasteiger partial charge < -0.3 is 14.8 Å². The molecule has 0 aliphatic carbocycles. The first-order valence-corrected chi connectivity index (χ1v) is 10.6. The third kappa shape index (κ3) is 5.93. The van der Waals surface area contributed by atoms with E-state index in [4.69, 9.17) is 32.7 Å². The molecule has 164 valence electrons. The molecule has 31 heavy (non-hydrogen) atoms. The van der Waals surface area contributed by atoms with Gasteiger partial charge in [-0.2, -0.15) is 5.10 Å². The number of halogens is 2. The molecule has 0 atom stereocenters. The maximum Gasteiger partial charge on any atom is 0.259 e. The highest BCUT2D eigenvalue weighted by atomic mass is 35.5. The van der Waals surface area contributed by atoms with E-state index < -0.39 is 0 Å². The van der Waals surface area contributed by atoms with Crippen LogP contribution < -0.4 is 14.8 Å². The van der Waals surface area contributed by atoms with Crippen LogP contribution in [0.3, 0.4) is 0 Å². The molecule has 3 rings (SSSR count). The highest BCUT2D eigenvalue weighted by Gasteiger charge is 2.18. The topological polar surface area (TPSA) is 65.4 Å². The number of benzene rings is 2. The molecule has 1 heterocycles. The number of amides is 1. The lowest BCUT2D eigenvalue weighted by molar-refractivity contribution is 0.102. The largest absolute Gasteiger partial charge is 0.493 e. The maximum atomic E-state index is 12.9. The van der Waals surface area contributed by atoms with Gasteiger partial charge in [-0.1, -0.05) is 32.4 Å². The van der Waals surface area contributed by atoms with Crippen molar-refractivity contribution in [3.63, 3.8) is 0 Å². The van der Waals surface area contributed by atoms with Crippen LogP contribution in [0.2, 0.25) is 5.02 Å². The number of hydrogen-bond acceptors (Lipinski definition) is 4. The van der Waals surface area contributed by atoms with Gasteiger partial charge in [-0.15, -0.1) is 11.6 Å². The lowest BCUT2D eigenvalue weighted by atomic mass is 9.99. The molecule has 0 fully saturated rings. The zero-order chi connectivity index (χ0) is 22.6. The minimum absolute atomic E-state index is 0.0140. The normalized spacial score (nSPS) is 11.3. The number of alkyl halides is 1. The second kappa shape index (κ2) is 9.62. The molecule has 0 unspecified atom stereocenters. The summed E-state index contributed by atoms with van der Waals surface area (Å²) in [6, 6.07) is 12.4. The van der Waals surface area contributed by atoms with E-state index in [0.29, 0.717) is 40.1 Å². The Kier molecular flexibility index (Phi) is 7.13. The molecular weight excluding hydrogens is 437 g/mol. The van der Waals surface area contributed by atoms with Gasteiger partial charge >= 0.3 is 0 Å². The first kappa shape index (κ1) is 23.0. The Balaban J connectivity index is 1.80. The summed E-state index contributed by atoms with van der Waals surface area (Å²) in [5, 5.41) is 7.92. The van der Waals surface area contributed by atoms with Gasteiger partial charge in [0.25, 0.3) is 5.91 Å². The fraction of sp³-hybridized carbons (Fsp3) is 0.304. The molecule has 2 aromatic carbocycles. The summed E-state index contributed by atoms with van der Waals surface area (Å²) in [7, 11) is 1.56. The van der Waals surface area contributed by atoms with Crippen molar-refractivity contribution in [1.29, 1.82) is 0 Å². The number of anilines is 1. The first-order chi connectivity index (χ1) is 14.7. The van der Waals surface area contributed by atoms with Crippen LogP contribution in [-0.4, -0.2) is 29.4 Å². The molecule has 0 saturated carbocycles. The van der Waals surface area contributed by atoms with E-state index in [2.05, 4.69) is 31.2 Å². The fourth-order valence-electron chi connectivity index (χ4n) is 2.78. The van der Waals surface area contributed by atoms with E-state index in [1.807, 2.05) is 12.1 Å². The summed E-state index contributed by atoms with van der Waals surface area (Å²) >= 11 is 12.0. The maximum absolute atomic E-state index is 12.9. The zero-order valence-electron chi connectivity index (χ0n) is 17.9. The number of hydrogen-bond donors (Lipinski definition) is 1. The van der Waals surface area contributed by atoms with E-state index in [-0.39, 0.29) is 17.2 Å². The molecule has 1 amide bonds. The molecule has 8 heteroatoms. The fourth-order valence-corrected chi connectivity index (χ4v) is 3.10. The molecule has 0 spiro atoms. The van der Waals surface area contributed by atoms with Crippen LogP contribution in [0.25, 0.3) is 5.69 Å². The Morgan fingerprint density at radius 3 is 2.45 bits per heavy atom. The van der Waals surface area contributed by atoms with Crippen LogP contribution in [0.5, 0.6) is 11.5 Å². The number of rotatable bonds is 7. The minimum atomic E-state index is -0.318. The summed E-state index contributed by atoms with van der Waals surface area (Å²) in [6.45, 7) is 6.81.